The van der Waals surface area contributed by atoms with Crippen LogP contribution in [-0.4, -0.2) is 53.4 Å². The Morgan fingerprint density at radius 1 is 1.26 bits per heavy atom. The van der Waals surface area contributed by atoms with Gasteiger partial charge in [0.2, 0.25) is 0 Å². The molecule has 182 valence electrons. The Kier molecular flexibility index (Phi) is 8.98. The van der Waals surface area contributed by atoms with Gasteiger partial charge in [0.15, 0.2) is 0 Å². The third-order valence-electron chi connectivity index (χ3n) is 5.73. The number of anilines is 1. The van der Waals surface area contributed by atoms with Gasteiger partial charge in [-0.1, -0.05) is 13.8 Å². The van der Waals surface area contributed by atoms with E-state index >= 15 is 0 Å². The summed E-state index contributed by atoms with van der Waals surface area (Å²) in [6.07, 6.45) is 9.21. The minimum Gasteiger partial charge on any atom is -0.404 e. The van der Waals surface area contributed by atoms with E-state index in [2.05, 4.69) is 25.5 Å². The molecule has 2 aromatic rings. The molecule has 0 radical (unpaired) electrons. The van der Waals surface area contributed by atoms with E-state index in [1.165, 1.54) is 6.21 Å². The number of pyridine rings is 2. The number of aromatic nitrogens is 2. The summed E-state index contributed by atoms with van der Waals surface area (Å²) in [7, 11) is 0. The number of nitrogens with zero attached hydrogens (tertiary/aromatic N) is 3. The molecular weight excluding hydrogens is 431 g/mol. The number of likely N-dealkylation sites (tertiary alicyclic amines) is 1. The Hall–Kier alpha value is -3.46. The Morgan fingerprint density at radius 3 is 2.71 bits per heavy atom. The fourth-order valence-electron chi connectivity index (χ4n) is 3.82. The normalized spacial score (nSPS) is 16.8. The molecule has 7 N–H and O–H groups in total. The zero-order valence-corrected chi connectivity index (χ0v) is 19.9. The third-order valence-corrected chi connectivity index (χ3v) is 5.73. The lowest BCUT2D eigenvalue weighted by molar-refractivity contribution is 0.220. The molecule has 0 aromatic carbocycles. The minimum absolute atomic E-state index is 0.197. The number of rotatable bonds is 11. The molecule has 0 saturated carbocycles. The van der Waals surface area contributed by atoms with E-state index in [-0.39, 0.29) is 12.5 Å². The van der Waals surface area contributed by atoms with Gasteiger partial charge >= 0.3 is 0 Å². The second kappa shape index (κ2) is 12.1. The van der Waals surface area contributed by atoms with Crippen LogP contribution in [0.25, 0.3) is 16.6 Å². The highest BCUT2D eigenvalue weighted by molar-refractivity contribution is 6.08. The molecule has 1 fully saturated rings. The van der Waals surface area contributed by atoms with Crippen LogP contribution >= 0.6 is 0 Å². The van der Waals surface area contributed by atoms with Crippen LogP contribution in [0.5, 0.6) is 0 Å². The monoisotopic (exact) mass is 466 g/mol. The first-order chi connectivity index (χ1) is 16.4. The van der Waals surface area contributed by atoms with E-state index in [0.717, 1.165) is 31.5 Å². The SMILES string of the molecule is CC(C)C(=C/N)/C=C(\N)Nc1ccc2ncc(/C(C=N)=C/NCC(F)CN3CCCC3)cc2n1. The summed E-state index contributed by atoms with van der Waals surface area (Å²) in [6.45, 7) is 6.65. The number of hydrogen-bond acceptors (Lipinski definition) is 8. The first-order valence-corrected chi connectivity index (χ1v) is 11.6. The van der Waals surface area contributed by atoms with Crippen molar-refractivity contribution in [2.45, 2.75) is 32.9 Å². The standard InChI is InChI=1S/C25H35FN8/c1-17(2)18(11-27)10-24(29)33-25-6-5-22-23(32-25)9-19(14-31-22)20(12-28)13-30-15-21(26)16-34-7-3-4-8-34/h5-6,9-14,17,21,28,30H,3-4,7-8,15-16,27,29H2,1-2H3,(H,32,33)/b18-11+,20-13+,24-10+,28-12?. The van der Waals surface area contributed by atoms with Crippen molar-refractivity contribution in [1.82, 2.24) is 20.2 Å². The molecule has 0 spiro atoms. The zero-order chi connectivity index (χ0) is 24.5. The smallest absolute Gasteiger partial charge is 0.132 e. The van der Waals surface area contributed by atoms with Crippen molar-refractivity contribution < 1.29 is 4.39 Å². The Morgan fingerprint density at radius 2 is 2.03 bits per heavy atom. The van der Waals surface area contributed by atoms with Crippen LogP contribution in [0.3, 0.4) is 0 Å². The van der Waals surface area contributed by atoms with E-state index in [4.69, 9.17) is 16.9 Å². The number of nitrogens with one attached hydrogen (secondary N) is 3. The van der Waals surface area contributed by atoms with Crippen molar-refractivity contribution in [3.8, 4) is 0 Å². The Labute approximate surface area is 200 Å². The van der Waals surface area contributed by atoms with Crippen molar-refractivity contribution >= 4 is 28.6 Å². The summed E-state index contributed by atoms with van der Waals surface area (Å²) in [6, 6.07) is 5.50. The number of nitrogens with two attached hydrogens (primary N) is 2. The number of fused-ring (bicyclic) bond motifs is 1. The van der Waals surface area contributed by atoms with Crippen LogP contribution in [0, 0.1) is 11.3 Å². The van der Waals surface area contributed by atoms with Crippen molar-refractivity contribution in [3.05, 3.63) is 59.8 Å². The average Bonchev–Trinajstić information content (AvgIpc) is 3.32. The summed E-state index contributed by atoms with van der Waals surface area (Å²) in [5.74, 6) is 1.25. The van der Waals surface area contributed by atoms with E-state index in [9.17, 15) is 4.39 Å². The summed E-state index contributed by atoms with van der Waals surface area (Å²) < 4.78 is 14.3. The first-order valence-electron chi connectivity index (χ1n) is 11.6. The van der Waals surface area contributed by atoms with Gasteiger partial charge in [-0.15, -0.1) is 0 Å². The lowest BCUT2D eigenvalue weighted by Crippen LogP contribution is -2.33. The molecule has 1 unspecified atom stereocenters. The maximum absolute atomic E-state index is 14.3. The van der Waals surface area contributed by atoms with Gasteiger partial charge < -0.3 is 32.4 Å². The van der Waals surface area contributed by atoms with E-state index in [1.807, 2.05) is 26.0 Å². The van der Waals surface area contributed by atoms with E-state index < -0.39 is 6.17 Å². The summed E-state index contributed by atoms with van der Waals surface area (Å²) >= 11 is 0. The van der Waals surface area contributed by atoms with Crippen LogP contribution < -0.4 is 22.1 Å². The summed E-state index contributed by atoms with van der Waals surface area (Å²) in [5.41, 5.74) is 15.4. The molecule has 1 saturated heterocycles. The number of halogens is 1. The van der Waals surface area contributed by atoms with Gasteiger partial charge in [0, 0.05) is 42.8 Å². The van der Waals surface area contributed by atoms with E-state index in [1.54, 1.807) is 30.7 Å². The zero-order valence-electron chi connectivity index (χ0n) is 19.9. The van der Waals surface area contributed by atoms with E-state index in [0.29, 0.717) is 40.4 Å². The van der Waals surface area contributed by atoms with Gasteiger partial charge in [-0.25, -0.2) is 9.37 Å². The fourth-order valence-corrected chi connectivity index (χ4v) is 3.82. The molecule has 0 aliphatic carbocycles. The summed E-state index contributed by atoms with van der Waals surface area (Å²) in [4.78, 5) is 11.2. The molecule has 1 atom stereocenters. The number of hydrogen-bond donors (Lipinski definition) is 5. The van der Waals surface area contributed by atoms with Gasteiger partial charge in [-0.05, 0) is 67.9 Å². The van der Waals surface area contributed by atoms with Crippen molar-refractivity contribution in [2.24, 2.45) is 17.4 Å². The van der Waals surface area contributed by atoms with Crippen molar-refractivity contribution in [1.29, 1.82) is 5.41 Å². The molecule has 34 heavy (non-hydrogen) atoms. The van der Waals surface area contributed by atoms with Crippen LogP contribution in [0.15, 0.2) is 54.3 Å². The van der Waals surface area contributed by atoms with Crippen LogP contribution in [0.1, 0.15) is 32.3 Å². The van der Waals surface area contributed by atoms with Crippen LogP contribution in [0.2, 0.25) is 0 Å². The van der Waals surface area contributed by atoms with Gasteiger partial charge in [0.1, 0.15) is 17.8 Å². The summed E-state index contributed by atoms with van der Waals surface area (Å²) in [5, 5.41) is 13.9. The molecule has 1 aliphatic heterocycles. The topological polar surface area (TPSA) is 129 Å². The molecule has 1 aliphatic rings. The maximum Gasteiger partial charge on any atom is 0.132 e. The van der Waals surface area contributed by atoms with Gasteiger partial charge in [0.05, 0.1) is 11.0 Å². The molecule has 3 rings (SSSR count). The highest BCUT2D eigenvalue weighted by Crippen LogP contribution is 2.19. The molecule has 0 amide bonds. The largest absolute Gasteiger partial charge is 0.404 e. The number of allylic oxidation sites excluding steroid dienone is 3. The van der Waals surface area contributed by atoms with Gasteiger partial charge in [-0.3, -0.25) is 4.98 Å². The highest BCUT2D eigenvalue weighted by Gasteiger charge is 2.16. The lowest BCUT2D eigenvalue weighted by Gasteiger charge is -2.17. The third kappa shape index (κ3) is 7.02. The van der Waals surface area contributed by atoms with Gasteiger partial charge in [0.25, 0.3) is 0 Å². The molecule has 3 heterocycles. The minimum atomic E-state index is -0.963. The second-order valence-corrected chi connectivity index (χ2v) is 8.76. The fraction of sp³-hybridized carbons (Fsp3) is 0.400. The Balaban J connectivity index is 1.70. The van der Waals surface area contributed by atoms with Crippen LogP contribution in [-0.2, 0) is 0 Å². The van der Waals surface area contributed by atoms with Gasteiger partial charge in [-0.2, -0.15) is 0 Å². The first kappa shape index (κ1) is 25.2. The molecule has 2 aromatic heterocycles. The second-order valence-electron chi connectivity index (χ2n) is 8.76. The lowest BCUT2D eigenvalue weighted by atomic mass is 10.0. The average molecular weight is 467 g/mol. The van der Waals surface area contributed by atoms with Crippen molar-refractivity contribution in [3.63, 3.8) is 0 Å². The quantitative estimate of drug-likeness (QED) is 0.254. The Bertz CT molecular complexity index is 1070. The molecule has 9 heteroatoms. The van der Waals surface area contributed by atoms with Crippen molar-refractivity contribution in [2.75, 3.05) is 31.5 Å². The molecule has 0 bridgehead atoms. The van der Waals surface area contributed by atoms with Crippen LogP contribution in [0.4, 0.5) is 10.2 Å². The predicted octanol–water partition coefficient (Wildman–Crippen LogP) is 3.35. The number of alkyl halides is 1. The highest BCUT2D eigenvalue weighted by atomic mass is 19.1. The maximum atomic E-state index is 14.3. The predicted molar refractivity (Wildman–Crippen MR) is 138 cm³/mol. The molecular formula is C25H35FN8. The molecule has 8 nitrogen and oxygen atoms in total.